The van der Waals surface area contributed by atoms with Gasteiger partial charge < -0.3 is 15.0 Å². The molecular formula is C25H22N2O3S2. The number of amides is 2. The first-order chi connectivity index (χ1) is 15.6. The predicted molar refractivity (Wildman–Crippen MR) is 131 cm³/mol. The number of thiophene rings is 2. The highest BCUT2D eigenvalue weighted by Gasteiger charge is 2.28. The van der Waals surface area contributed by atoms with Crippen molar-refractivity contribution in [1.29, 1.82) is 0 Å². The minimum atomic E-state index is -0.195. The van der Waals surface area contributed by atoms with E-state index >= 15 is 0 Å². The van der Waals surface area contributed by atoms with Crippen molar-refractivity contribution in [2.24, 2.45) is 0 Å². The largest absolute Gasteiger partial charge is 0.378 e. The molecule has 3 heterocycles. The van der Waals surface area contributed by atoms with Crippen LogP contribution in [0, 0.1) is 6.92 Å². The molecule has 2 aromatic heterocycles. The number of nitrogens with one attached hydrogen (secondary N) is 1. The zero-order valence-electron chi connectivity index (χ0n) is 17.6. The third-order valence-electron chi connectivity index (χ3n) is 5.65. The molecule has 0 unspecified atom stereocenters. The minimum Gasteiger partial charge on any atom is -0.378 e. The van der Waals surface area contributed by atoms with E-state index in [0.29, 0.717) is 42.4 Å². The van der Waals surface area contributed by atoms with Gasteiger partial charge in [0.25, 0.3) is 11.8 Å². The van der Waals surface area contributed by atoms with Crippen LogP contribution in [0.25, 0.3) is 20.5 Å². The van der Waals surface area contributed by atoms with Gasteiger partial charge in [0.15, 0.2) is 0 Å². The van der Waals surface area contributed by atoms with E-state index < -0.39 is 0 Å². The molecule has 0 atom stereocenters. The Kier molecular flexibility index (Phi) is 5.78. The van der Waals surface area contributed by atoms with Crippen molar-refractivity contribution in [2.75, 3.05) is 31.6 Å². The maximum absolute atomic E-state index is 13.5. The lowest BCUT2D eigenvalue weighted by molar-refractivity contribution is 0.0303. The van der Waals surface area contributed by atoms with Crippen LogP contribution in [0.2, 0.25) is 0 Å². The third kappa shape index (κ3) is 3.83. The molecule has 1 aliphatic rings. The van der Waals surface area contributed by atoms with Gasteiger partial charge in [-0.25, -0.2) is 0 Å². The average molecular weight is 463 g/mol. The highest BCUT2D eigenvalue weighted by Crippen LogP contribution is 2.41. The number of fused-ring (bicyclic) bond motifs is 1. The van der Waals surface area contributed by atoms with Crippen LogP contribution in [-0.4, -0.2) is 43.0 Å². The van der Waals surface area contributed by atoms with E-state index in [0.717, 1.165) is 26.1 Å². The van der Waals surface area contributed by atoms with Crippen molar-refractivity contribution in [1.82, 2.24) is 4.90 Å². The number of morpholine rings is 1. The molecule has 1 saturated heterocycles. The van der Waals surface area contributed by atoms with E-state index in [-0.39, 0.29) is 11.8 Å². The molecule has 4 aromatic rings. The predicted octanol–water partition coefficient (Wildman–Crippen LogP) is 5.66. The van der Waals surface area contributed by atoms with Crippen LogP contribution in [0.1, 0.15) is 26.3 Å². The van der Waals surface area contributed by atoms with E-state index in [4.69, 9.17) is 4.74 Å². The minimum absolute atomic E-state index is 0.0605. The second-order valence-corrected chi connectivity index (χ2v) is 9.56. The van der Waals surface area contributed by atoms with Gasteiger partial charge in [0.1, 0.15) is 5.00 Å². The van der Waals surface area contributed by atoms with Crippen LogP contribution in [0.5, 0.6) is 0 Å². The van der Waals surface area contributed by atoms with Crippen LogP contribution in [-0.2, 0) is 4.74 Å². The molecule has 5 nitrogen and oxygen atoms in total. The second kappa shape index (κ2) is 8.86. The van der Waals surface area contributed by atoms with Gasteiger partial charge in [0.2, 0.25) is 0 Å². The average Bonchev–Trinajstić information content (AvgIpc) is 3.41. The van der Waals surface area contributed by atoms with Gasteiger partial charge in [0.05, 0.1) is 24.3 Å². The molecule has 0 aliphatic carbocycles. The number of hydrogen-bond acceptors (Lipinski definition) is 5. The summed E-state index contributed by atoms with van der Waals surface area (Å²) in [5, 5.41) is 6.46. The van der Waals surface area contributed by atoms with Crippen LogP contribution in [0.15, 0.2) is 60.0 Å². The molecule has 0 bridgehead atoms. The van der Waals surface area contributed by atoms with Crippen molar-refractivity contribution >= 4 is 49.6 Å². The van der Waals surface area contributed by atoms with Gasteiger partial charge in [-0.3, -0.25) is 9.59 Å². The Morgan fingerprint density at radius 2 is 1.72 bits per heavy atom. The van der Waals surface area contributed by atoms with Gasteiger partial charge >= 0.3 is 0 Å². The number of hydrogen-bond donors (Lipinski definition) is 1. The molecule has 1 aliphatic heterocycles. The lowest BCUT2D eigenvalue weighted by atomic mass is 10.1. The first-order valence-electron chi connectivity index (χ1n) is 10.5. The Hall–Kier alpha value is -3.00. The number of benzene rings is 2. The molecule has 5 rings (SSSR count). The highest BCUT2D eigenvalue weighted by molar-refractivity contribution is 7.20. The fourth-order valence-electron chi connectivity index (χ4n) is 3.97. The van der Waals surface area contributed by atoms with Crippen molar-refractivity contribution in [2.45, 2.75) is 6.92 Å². The fraction of sp³-hybridized carbons (Fsp3) is 0.200. The van der Waals surface area contributed by atoms with Crippen molar-refractivity contribution in [3.8, 4) is 10.4 Å². The Balaban J connectivity index is 1.55. The summed E-state index contributed by atoms with van der Waals surface area (Å²) >= 11 is 3.00. The van der Waals surface area contributed by atoms with E-state index in [1.165, 1.54) is 11.3 Å². The highest BCUT2D eigenvalue weighted by atomic mass is 32.1. The normalized spacial score (nSPS) is 14.0. The van der Waals surface area contributed by atoms with E-state index in [1.807, 2.05) is 71.8 Å². The summed E-state index contributed by atoms with van der Waals surface area (Å²) < 4.78 is 6.48. The molecule has 0 saturated carbocycles. The molecule has 2 amide bonds. The Morgan fingerprint density at radius 1 is 1.00 bits per heavy atom. The van der Waals surface area contributed by atoms with Crippen molar-refractivity contribution in [3.05, 3.63) is 76.7 Å². The lowest BCUT2D eigenvalue weighted by Crippen LogP contribution is -2.41. The molecule has 1 fully saturated rings. The molecule has 2 aromatic carbocycles. The molecule has 162 valence electrons. The van der Waals surface area contributed by atoms with Crippen LogP contribution < -0.4 is 5.32 Å². The quantitative estimate of drug-likeness (QED) is 0.426. The van der Waals surface area contributed by atoms with E-state index in [9.17, 15) is 9.59 Å². The Morgan fingerprint density at radius 3 is 2.50 bits per heavy atom. The Bertz CT molecular complexity index is 1290. The molecule has 0 spiro atoms. The molecule has 1 N–H and O–H groups in total. The maximum Gasteiger partial charge on any atom is 0.257 e. The summed E-state index contributed by atoms with van der Waals surface area (Å²) in [7, 11) is 0. The molecular weight excluding hydrogens is 440 g/mol. The summed E-state index contributed by atoms with van der Waals surface area (Å²) in [5.41, 5.74) is 3.13. The van der Waals surface area contributed by atoms with Gasteiger partial charge in [-0.1, -0.05) is 48.5 Å². The molecule has 7 heteroatoms. The van der Waals surface area contributed by atoms with Crippen LogP contribution >= 0.6 is 22.7 Å². The number of rotatable bonds is 4. The summed E-state index contributed by atoms with van der Waals surface area (Å²) in [6, 6.07) is 17.8. The second-order valence-electron chi connectivity index (χ2n) is 7.63. The maximum atomic E-state index is 13.5. The molecule has 32 heavy (non-hydrogen) atoms. The summed E-state index contributed by atoms with van der Waals surface area (Å²) in [5.74, 6) is -0.256. The number of nitrogens with zero attached hydrogens (tertiary/aromatic N) is 1. The topological polar surface area (TPSA) is 58.6 Å². The summed E-state index contributed by atoms with van der Waals surface area (Å²) in [4.78, 5) is 29.6. The summed E-state index contributed by atoms with van der Waals surface area (Å²) in [6.45, 7) is 4.13. The van der Waals surface area contributed by atoms with Gasteiger partial charge in [-0.05, 0) is 24.1 Å². The number of anilines is 1. The fourth-order valence-corrected chi connectivity index (χ4v) is 6.11. The van der Waals surface area contributed by atoms with Gasteiger partial charge in [0, 0.05) is 33.4 Å². The number of ether oxygens (including phenoxy) is 1. The van der Waals surface area contributed by atoms with Crippen molar-refractivity contribution < 1.29 is 14.3 Å². The number of carbonyl (C=O) groups is 2. The first-order valence-corrected chi connectivity index (χ1v) is 12.2. The monoisotopic (exact) mass is 462 g/mol. The smallest absolute Gasteiger partial charge is 0.257 e. The van der Waals surface area contributed by atoms with E-state index in [1.54, 1.807) is 11.3 Å². The summed E-state index contributed by atoms with van der Waals surface area (Å²) in [6.07, 6.45) is 0. The zero-order chi connectivity index (χ0) is 22.1. The Labute approximate surface area is 194 Å². The molecule has 0 radical (unpaired) electrons. The van der Waals surface area contributed by atoms with Crippen molar-refractivity contribution in [3.63, 3.8) is 0 Å². The third-order valence-corrected chi connectivity index (χ3v) is 7.87. The van der Waals surface area contributed by atoms with Gasteiger partial charge in [-0.2, -0.15) is 0 Å². The SMILES string of the molecule is Cc1c(-c2ccccc2)sc(NC(=O)c2csc3ccccc23)c1C(=O)N1CCOCC1. The standard InChI is InChI=1S/C25H22N2O3S2/c1-16-21(25(29)27-11-13-30-14-12-27)24(32-22(16)17-7-3-2-4-8-17)26-23(28)19-15-31-20-10-6-5-9-18(19)20/h2-10,15H,11-14H2,1H3,(H,26,28). The first kappa shape index (κ1) is 20.9. The zero-order valence-corrected chi connectivity index (χ0v) is 19.2. The van der Waals surface area contributed by atoms with E-state index in [2.05, 4.69) is 5.32 Å². The van der Waals surface area contributed by atoms with Crippen LogP contribution in [0.3, 0.4) is 0 Å². The van der Waals surface area contributed by atoms with Gasteiger partial charge in [-0.15, -0.1) is 22.7 Å². The van der Waals surface area contributed by atoms with Crippen LogP contribution in [0.4, 0.5) is 5.00 Å². The number of carbonyl (C=O) groups excluding carboxylic acids is 2. The lowest BCUT2D eigenvalue weighted by Gasteiger charge is -2.27.